The molecular weight excluding hydrogens is 340 g/mol. The van der Waals surface area contributed by atoms with Crippen molar-refractivity contribution in [3.63, 3.8) is 0 Å². The lowest BCUT2D eigenvalue weighted by atomic mass is 9.76. The van der Waals surface area contributed by atoms with Crippen molar-refractivity contribution in [2.75, 3.05) is 7.11 Å². The molecule has 3 rings (SSSR count). The van der Waals surface area contributed by atoms with E-state index >= 15 is 0 Å². The molecule has 1 atom stereocenters. The second-order valence-electron chi connectivity index (χ2n) is 9.46. The van der Waals surface area contributed by atoms with Crippen LogP contribution in [0.5, 0.6) is 5.75 Å². The zero-order valence-electron chi connectivity index (χ0n) is 18.4. The third-order valence-electron chi connectivity index (χ3n) is 7.42. The van der Waals surface area contributed by atoms with E-state index in [1.54, 1.807) is 12.7 Å². The summed E-state index contributed by atoms with van der Waals surface area (Å²) < 4.78 is 5.25. The van der Waals surface area contributed by atoms with Crippen LogP contribution in [0.15, 0.2) is 35.9 Å². The van der Waals surface area contributed by atoms with Crippen LogP contribution in [0.4, 0.5) is 0 Å². The molecule has 0 radical (unpaired) electrons. The van der Waals surface area contributed by atoms with E-state index in [-0.39, 0.29) is 0 Å². The van der Waals surface area contributed by atoms with Crippen LogP contribution >= 0.6 is 0 Å². The van der Waals surface area contributed by atoms with Crippen molar-refractivity contribution in [3.05, 3.63) is 41.5 Å². The first-order chi connectivity index (χ1) is 13.8. The molecule has 0 spiro atoms. The predicted octanol–water partition coefficient (Wildman–Crippen LogP) is 8.13. The summed E-state index contributed by atoms with van der Waals surface area (Å²) in [6, 6.07) is 8.58. The highest BCUT2D eigenvalue weighted by molar-refractivity contribution is 5.27. The zero-order valence-corrected chi connectivity index (χ0v) is 18.4. The van der Waals surface area contributed by atoms with Gasteiger partial charge in [-0.3, -0.25) is 0 Å². The number of rotatable bonds is 10. The molecule has 0 N–H and O–H groups in total. The lowest BCUT2D eigenvalue weighted by Gasteiger charge is -2.30. The minimum Gasteiger partial charge on any atom is -0.497 e. The number of methoxy groups -OCH3 is 1. The number of benzene rings is 1. The molecular formula is C27H42O. The fourth-order valence-corrected chi connectivity index (χ4v) is 5.30. The van der Waals surface area contributed by atoms with Crippen LogP contribution in [0.1, 0.15) is 96.0 Å². The molecule has 1 nitrogen and oxygen atoms in total. The maximum Gasteiger partial charge on any atom is 0.118 e. The van der Waals surface area contributed by atoms with Gasteiger partial charge in [0.1, 0.15) is 5.75 Å². The maximum atomic E-state index is 5.25. The largest absolute Gasteiger partial charge is 0.497 e. The molecule has 2 aliphatic carbocycles. The molecule has 156 valence electrons. The van der Waals surface area contributed by atoms with E-state index in [0.717, 1.165) is 23.5 Å². The maximum absolute atomic E-state index is 5.25. The van der Waals surface area contributed by atoms with Crippen LogP contribution < -0.4 is 4.74 Å². The first kappa shape index (κ1) is 21.5. The Morgan fingerprint density at radius 3 is 2.11 bits per heavy atom. The molecule has 1 heteroatoms. The Kier molecular flexibility index (Phi) is 8.96. The summed E-state index contributed by atoms with van der Waals surface area (Å²) >= 11 is 0. The Morgan fingerprint density at radius 1 is 0.821 bits per heavy atom. The molecule has 0 saturated heterocycles. The standard InChI is InChI=1S/C27H42O/c1-3-4-5-22-6-8-23(9-7-22)10-11-24-12-14-25(15-13-24)16-17-26-18-20-27(28-2)21-19-26/h14,18-24H,3-13,15-17H2,1-2H3. The minimum absolute atomic E-state index is 0.956. The molecule has 28 heavy (non-hydrogen) atoms. The Balaban J connectivity index is 1.30. The third-order valence-corrected chi connectivity index (χ3v) is 7.42. The van der Waals surface area contributed by atoms with Crippen molar-refractivity contribution in [1.82, 2.24) is 0 Å². The van der Waals surface area contributed by atoms with Gasteiger partial charge in [0.2, 0.25) is 0 Å². The minimum atomic E-state index is 0.956. The van der Waals surface area contributed by atoms with Gasteiger partial charge in [-0.25, -0.2) is 0 Å². The van der Waals surface area contributed by atoms with Gasteiger partial charge in [-0.15, -0.1) is 0 Å². The Morgan fingerprint density at radius 2 is 1.50 bits per heavy atom. The number of aryl methyl sites for hydroxylation is 1. The smallest absolute Gasteiger partial charge is 0.118 e. The Bertz CT molecular complexity index is 577. The lowest BCUT2D eigenvalue weighted by Crippen LogP contribution is -2.16. The second-order valence-corrected chi connectivity index (χ2v) is 9.46. The highest BCUT2D eigenvalue weighted by Gasteiger charge is 2.22. The number of ether oxygens (including phenoxy) is 1. The van der Waals surface area contributed by atoms with E-state index in [4.69, 9.17) is 4.74 Å². The summed E-state index contributed by atoms with van der Waals surface area (Å²) in [5, 5.41) is 0. The van der Waals surface area contributed by atoms with Crippen molar-refractivity contribution in [3.8, 4) is 5.75 Å². The Labute approximate surface area is 174 Å². The third kappa shape index (κ3) is 6.98. The highest BCUT2D eigenvalue weighted by atomic mass is 16.5. The number of hydrogen-bond donors (Lipinski definition) is 0. The van der Waals surface area contributed by atoms with Crippen LogP contribution in [0.3, 0.4) is 0 Å². The Hall–Kier alpha value is -1.24. The number of hydrogen-bond acceptors (Lipinski definition) is 1. The van der Waals surface area contributed by atoms with E-state index in [1.165, 1.54) is 95.5 Å². The molecule has 1 unspecified atom stereocenters. The predicted molar refractivity (Wildman–Crippen MR) is 121 cm³/mol. The van der Waals surface area contributed by atoms with Gasteiger partial charge < -0.3 is 4.74 Å². The van der Waals surface area contributed by atoms with Gasteiger partial charge >= 0.3 is 0 Å². The molecule has 1 aromatic carbocycles. The van der Waals surface area contributed by atoms with E-state index < -0.39 is 0 Å². The number of unbranched alkanes of at least 4 members (excludes halogenated alkanes) is 1. The van der Waals surface area contributed by atoms with Crippen LogP contribution in [0.2, 0.25) is 0 Å². The monoisotopic (exact) mass is 382 g/mol. The average molecular weight is 383 g/mol. The quantitative estimate of drug-likeness (QED) is 0.371. The first-order valence-corrected chi connectivity index (χ1v) is 12.1. The molecule has 1 fully saturated rings. The van der Waals surface area contributed by atoms with E-state index in [9.17, 15) is 0 Å². The number of allylic oxidation sites excluding steroid dienone is 2. The molecule has 1 aromatic rings. The summed E-state index contributed by atoms with van der Waals surface area (Å²) in [6.45, 7) is 2.33. The van der Waals surface area contributed by atoms with Crippen molar-refractivity contribution in [1.29, 1.82) is 0 Å². The zero-order chi connectivity index (χ0) is 19.6. The normalized spacial score (nSPS) is 25.4. The van der Waals surface area contributed by atoms with Gasteiger partial charge in [0.05, 0.1) is 7.11 Å². The highest BCUT2D eigenvalue weighted by Crippen LogP contribution is 2.37. The summed E-state index contributed by atoms with van der Waals surface area (Å²) in [5.41, 5.74) is 3.13. The first-order valence-electron chi connectivity index (χ1n) is 12.1. The van der Waals surface area contributed by atoms with Gasteiger partial charge in [0.25, 0.3) is 0 Å². The summed E-state index contributed by atoms with van der Waals surface area (Å²) in [4.78, 5) is 0. The topological polar surface area (TPSA) is 9.23 Å². The van der Waals surface area contributed by atoms with E-state index in [1.807, 2.05) is 0 Å². The van der Waals surface area contributed by atoms with Crippen LogP contribution in [0.25, 0.3) is 0 Å². The van der Waals surface area contributed by atoms with Gasteiger partial charge in [-0.2, -0.15) is 0 Å². The second kappa shape index (κ2) is 11.7. The SMILES string of the molecule is CCCCC1CCC(CCC2CC=C(CCc3ccc(OC)cc3)CC2)CC1. The van der Waals surface area contributed by atoms with Gasteiger partial charge in [-0.05, 0) is 74.0 Å². The molecule has 0 amide bonds. The summed E-state index contributed by atoms with van der Waals surface area (Å²) in [7, 11) is 1.73. The fourth-order valence-electron chi connectivity index (χ4n) is 5.30. The summed E-state index contributed by atoms with van der Waals surface area (Å²) in [5.74, 6) is 4.01. The molecule has 0 aliphatic heterocycles. The van der Waals surface area contributed by atoms with Crippen molar-refractivity contribution in [2.24, 2.45) is 17.8 Å². The molecule has 2 aliphatic rings. The molecule has 0 aromatic heterocycles. The molecule has 0 bridgehead atoms. The van der Waals surface area contributed by atoms with Crippen LogP contribution in [0, 0.1) is 17.8 Å². The fraction of sp³-hybridized carbons (Fsp3) is 0.704. The van der Waals surface area contributed by atoms with Crippen molar-refractivity contribution < 1.29 is 4.74 Å². The average Bonchev–Trinajstić information content (AvgIpc) is 2.76. The van der Waals surface area contributed by atoms with Crippen LogP contribution in [-0.2, 0) is 6.42 Å². The van der Waals surface area contributed by atoms with Crippen molar-refractivity contribution in [2.45, 2.75) is 96.8 Å². The van der Waals surface area contributed by atoms with Crippen molar-refractivity contribution >= 4 is 0 Å². The van der Waals surface area contributed by atoms with Gasteiger partial charge in [-0.1, -0.05) is 82.1 Å². The molecule has 0 heterocycles. The van der Waals surface area contributed by atoms with E-state index in [0.29, 0.717) is 0 Å². The van der Waals surface area contributed by atoms with E-state index in [2.05, 4.69) is 37.3 Å². The van der Waals surface area contributed by atoms with Gasteiger partial charge in [0.15, 0.2) is 0 Å². The van der Waals surface area contributed by atoms with Gasteiger partial charge in [0, 0.05) is 0 Å². The summed E-state index contributed by atoms with van der Waals surface area (Å²) in [6.07, 6.45) is 22.5. The molecule has 1 saturated carbocycles. The van der Waals surface area contributed by atoms with Crippen LogP contribution in [-0.4, -0.2) is 7.11 Å². The lowest BCUT2D eigenvalue weighted by molar-refractivity contribution is 0.235.